The number of anilines is 2. The number of rotatable bonds is 2. The molecule has 0 aliphatic carbocycles. The molecule has 3 aliphatic rings. The van der Waals surface area contributed by atoms with Crippen LogP contribution in [0.5, 0.6) is 0 Å². The average molecular weight is 343 g/mol. The van der Waals surface area contributed by atoms with Crippen LogP contribution in [0, 0.1) is 9.49 Å². The van der Waals surface area contributed by atoms with E-state index in [1.54, 1.807) is 0 Å². The maximum Gasteiger partial charge on any atom is 0.0577 e. The van der Waals surface area contributed by atoms with Crippen molar-refractivity contribution in [1.82, 2.24) is 4.90 Å². The Morgan fingerprint density at radius 2 is 2.06 bits per heavy atom. The van der Waals surface area contributed by atoms with Crippen molar-refractivity contribution in [1.29, 1.82) is 0 Å². The van der Waals surface area contributed by atoms with Gasteiger partial charge in [0.05, 0.1) is 11.4 Å². The van der Waals surface area contributed by atoms with Gasteiger partial charge in [-0.25, -0.2) is 0 Å². The fraction of sp³-hybridized carbons (Fsp3) is 0.538. The lowest BCUT2D eigenvalue weighted by Crippen LogP contribution is -2.53. The zero-order chi connectivity index (χ0) is 11.8. The van der Waals surface area contributed by atoms with Crippen LogP contribution in [0.4, 0.5) is 11.4 Å². The summed E-state index contributed by atoms with van der Waals surface area (Å²) in [6, 6.07) is 6.83. The van der Waals surface area contributed by atoms with Gasteiger partial charge in [-0.15, -0.1) is 0 Å². The molecule has 0 spiro atoms. The molecule has 3 aliphatic heterocycles. The molecule has 2 bridgehead atoms. The second kappa shape index (κ2) is 4.65. The molecule has 1 aromatic carbocycles. The van der Waals surface area contributed by atoms with Crippen molar-refractivity contribution in [2.45, 2.75) is 18.9 Å². The van der Waals surface area contributed by atoms with Gasteiger partial charge < -0.3 is 16.0 Å². The Morgan fingerprint density at radius 1 is 1.29 bits per heavy atom. The molecule has 0 aromatic heterocycles. The van der Waals surface area contributed by atoms with Crippen LogP contribution in [-0.2, 0) is 0 Å². The van der Waals surface area contributed by atoms with E-state index in [0.717, 1.165) is 17.3 Å². The number of nitrogens with one attached hydrogen (secondary N) is 1. The lowest BCUT2D eigenvalue weighted by atomic mass is 9.84. The number of benzene rings is 1. The third-order valence-electron chi connectivity index (χ3n) is 4.01. The number of nitrogens with two attached hydrogens (primary N) is 1. The molecule has 3 nitrogen and oxygen atoms in total. The summed E-state index contributed by atoms with van der Waals surface area (Å²) in [5.74, 6) is 0.832. The first kappa shape index (κ1) is 11.6. The van der Waals surface area contributed by atoms with Gasteiger partial charge in [-0.05, 0) is 72.6 Å². The molecule has 4 rings (SSSR count). The summed E-state index contributed by atoms with van der Waals surface area (Å²) >= 11 is 2.30. The van der Waals surface area contributed by atoms with Crippen LogP contribution in [-0.4, -0.2) is 30.6 Å². The Balaban J connectivity index is 1.74. The van der Waals surface area contributed by atoms with Gasteiger partial charge in [-0.3, -0.25) is 0 Å². The van der Waals surface area contributed by atoms with Crippen molar-refractivity contribution in [2.24, 2.45) is 5.92 Å². The SMILES string of the molecule is Nc1cc(I)ccc1NC1CN2CCC1CC2. The van der Waals surface area contributed by atoms with E-state index in [4.69, 9.17) is 5.73 Å². The number of nitrogen functional groups attached to an aromatic ring is 1. The number of piperidine rings is 3. The predicted molar refractivity (Wildman–Crippen MR) is 80.1 cm³/mol. The molecule has 4 heteroatoms. The largest absolute Gasteiger partial charge is 0.397 e. The van der Waals surface area contributed by atoms with Crippen LogP contribution in [0.25, 0.3) is 0 Å². The molecule has 92 valence electrons. The van der Waals surface area contributed by atoms with Gasteiger partial charge in [0.25, 0.3) is 0 Å². The topological polar surface area (TPSA) is 41.3 Å². The summed E-state index contributed by atoms with van der Waals surface area (Å²) < 4.78 is 1.19. The molecule has 0 saturated carbocycles. The van der Waals surface area contributed by atoms with E-state index in [-0.39, 0.29) is 0 Å². The zero-order valence-electron chi connectivity index (χ0n) is 9.82. The molecule has 1 unspecified atom stereocenters. The highest BCUT2D eigenvalue weighted by Crippen LogP contribution is 2.31. The number of halogens is 1. The summed E-state index contributed by atoms with van der Waals surface area (Å²) in [5, 5.41) is 3.64. The van der Waals surface area contributed by atoms with Crippen molar-refractivity contribution in [3.63, 3.8) is 0 Å². The quantitative estimate of drug-likeness (QED) is 0.640. The van der Waals surface area contributed by atoms with Gasteiger partial charge >= 0.3 is 0 Å². The first-order valence-electron chi connectivity index (χ1n) is 6.26. The Kier molecular flexibility index (Phi) is 3.17. The van der Waals surface area contributed by atoms with Crippen molar-refractivity contribution in [3.05, 3.63) is 21.8 Å². The summed E-state index contributed by atoms with van der Waals surface area (Å²) in [5.41, 5.74) is 8.03. The first-order chi connectivity index (χ1) is 8.22. The predicted octanol–water partition coefficient (Wildman–Crippen LogP) is 2.38. The normalized spacial score (nSPS) is 31.5. The van der Waals surface area contributed by atoms with Crippen molar-refractivity contribution in [3.8, 4) is 0 Å². The average Bonchev–Trinajstić information content (AvgIpc) is 2.34. The molecular formula is C13H18IN3. The molecule has 0 amide bonds. The monoisotopic (exact) mass is 343 g/mol. The molecule has 3 fully saturated rings. The molecule has 17 heavy (non-hydrogen) atoms. The van der Waals surface area contributed by atoms with Gasteiger partial charge in [0.15, 0.2) is 0 Å². The van der Waals surface area contributed by atoms with E-state index in [1.807, 2.05) is 6.07 Å². The van der Waals surface area contributed by atoms with Crippen LogP contribution < -0.4 is 11.1 Å². The zero-order valence-corrected chi connectivity index (χ0v) is 12.0. The van der Waals surface area contributed by atoms with E-state index >= 15 is 0 Å². The Hall–Kier alpha value is -0.490. The minimum atomic E-state index is 0.583. The maximum absolute atomic E-state index is 6.06. The van der Waals surface area contributed by atoms with E-state index < -0.39 is 0 Å². The van der Waals surface area contributed by atoms with E-state index in [2.05, 4.69) is 44.9 Å². The third kappa shape index (κ3) is 2.38. The van der Waals surface area contributed by atoms with Gasteiger partial charge in [0.2, 0.25) is 0 Å². The Labute approximate surface area is 116 Å². The Bertz CT molecular complexity index is 413. The van der Waals surface area contributed by atoms with Gasteiger partial charge in [-0.1, -0.05) is 0 Å². The van der Waals surface area contributed by atoms with Gasteiger partial charge in [0.1, 0.15) is 0 Å². The van der Waals surface area contributed by atoms with Crippen LogP contribution in [0.1, 0.15) is 12.8 Å². The number of nitrogens with zero attached hydrogens (tertiary/aromatic N) is 1. The lowest BCUT2D eigenvalue weighted by Gasteiger charge is -2.45. The molecule has 1 aromatic rings. The highest BCUT2D eigenvalue weighted by molar-refractivity contribution is 14.1. The summed E-state index contributed by atoms with van der Waals surface area (Å²) in [6.07, 6.45) is 2.67. The fourth-order valence-electron chi connectivity index (χ4n) is 2.99. The van der Waals surface area contributed by atoms with E-state index in [0.29, 0.717) is 6.04 Å². The molecule has 3 heterocycles. The highest BCUT2D eigenvalue weighted by Gasteiger charge is 2.34. The number of hydrogen-bond donors (Lipinski definition) is 2. The van der Waals surface area contributed by atoms with E-state index in [1.165, 1.54) is 36.0 Å². The smallest absolute Gasteiger partial charge is 0.0577 e. The van der Waals surface area contributed by atoms with Gasteiger partial charge in [-0.2, -0.15) is 0 Å². The first-order valence-corrected chi connectivity index (χ1v) is 7.34. The minimum Gasteiger partial charge on any atom is -0.397 e. The standard InChI is InChI=1S/C13H18IN3/c14-10-1-2-12(11(15)7-10)16-13-8-17-5-3-9(13)4-6-17/h1-2,7,9,13,16H,3-6,8,15H2. The summed E-state index contributed by atoms with van der Waals surface area (Å²) in [7, 11) is 0. The molecule has 3 N–H and O–H groups in total. The molecule has 3 saturated heterocycles. The second-order valence-corrected chi connectivity index (χ2v) is 6.37. The van der Waals surface area contributed by atoms with Crippen LogP contribution in [0.2, 0.25) is 0 Å². The molecular weight excluding hydrogens is 325 g/mol. The fourth-order valence-corrected chi connectivity index (χ4v) is 3.51. The van der Waals surface area contributed by atoms with Crippen LogP contribution >= 0.6 is 22.6 Å². The van der Waals surface area contributed by atoms with Gasteiger partial charge in [0, 0.05) is 16.2 Å². The molecule has 0 radical (unpaired) electrons. The molecule has 1 atom stereocenters. The minimum absolute atomic E-state index is 0.583. The van der Waals surface area contributed by atoms with Crippen molar-refractivity contribution in [2.75, 3.05) is 30.7 Å². The highest BCUT2D eigenvalue weighted by atomic mass is 127. The van der Waals surface area contributed by atoms with Crippen molar-refractivity contribution >= 4 is 34.0 Å². The maximum atomic E-state index is 6.06. The summed E-state index contributed by atoms with van der Waals surface area (Å²) in [4.78, 5) is 2.56. The Morgan fingerprint density at radius 3 is 2.65 bits per heavy atom. The summed E-state index contributed by atoms with van der Waals surface area (Å²) in [6.45, 7) is 3.74. The van der Waals surface area contributed by atoms with E-state index in [9.17, 15) is 0 Å². The van der Waals surface area contributed by atoms with Crippen molar-refractivity contribution < 1.29 is 0 Å². The number of fused-ring (bicyclic) bond motifs is 3. The third-order valence-corrected chi connectivity index (χ3v) is 4.68. The van der Waals surface area contributed by atoms with Crippen LogP contribution in [0.3, 0.4) is 0 Å². The lowest BCUT2D eigenvalue weighted by molar-refractivity contribution is 0.0975. The van der Waals surface area contributed by atoms with Crippen LogP contribution in [0.15, 0.2) is 18.2 Å². The second-order valence-electron chi connectivity index (χ2n) is 5.12. The number of hydrogen-bond acceptors (Lipinski definition) is 3.